The molecule has 0 bridgehead atoms. The molecule has 1 aromatic heterocycles. The summed E-state index contributed by atoms with van der Waals surface area (Å²) in [5.41, 5.74) is 0.627. The third-order valence-corrected chi connectivity index (χ3v) is 4.15. The summed E-state index contributed by atoms with van der Waals surface area (Å²) in [5, 5.41) is 4.56. The number of nitrogens with zero attached hydrogens (tertiary/aromatic N) is 1. The van der Waals surface area contributed by atoms with Gasteiger partial charge < -0.3 is 5.32 Å². The molecule has 2 heterocycles. The maximum absolute atomic E-state index is 6.11. The van der Waals surface area contributed by atoms with Crippen molar-refractivity contribution in [1.82, 2.24) is 0 Å². The fourth-order valence-electron chi connectivity index (χ4n) is 1.65. The van der Waals surface area contributed by atoms with Gasteiger partial charge in [0.25, 0.3) is 0 Å². The topological polar surface area (TPSA) is 24.4 Å². The van der Waals surface area contributed by atoms with Crippen LogP contribution in [-0.2, 0) is 0 Å². The lowest BCUT2D eigenvalue weighted by molar-refractivity contribution is 1.04. The number of amidine groups is 1. The van der Waals surface area contributed by atoms with Crippen molar-refractivity contribution in [3.63, 3.8) is 0 Å². The summed E-state index contributed by atoms with van der Waals surface area (Å²) < 4.78 is 1.20. The number of anilines is 1. The molecule has 2 aromatic rings. The summed E-state index contributed by atoms with van der Waals surface area (Å²) in [7, 11) is 0. The van der Waals surface area contributed by atoms with Crippen LogP contribution in [0.3, 0.4) is 0 Å². The van der Waals surface area contributed by atoms with Gasteiger partial charge in [-0.2, -0.15) is 0 Å². The minimum atomic E-state index is -0.369. The zero-order chi connectivity index (χ0) is 10.4. The molecule has 2 nitrogen and oxygen atoms in total. The van der Waals surface area contributed by atoms with Crippen LogP contribution in [0.25, 0.3) is 10.1 Å². The Morgan fingerprint density at radius 2 is 2.13 bits per heavy atom. The van der Waals surface area contributed by atoms with E-state index in [1.807, 2.05) is 12.1 Å². The van der Waals surface area contributed by atoms with Crippen molar-refractivity contribution in [2.75, 3.05) is 5.32 Å². The predicted molar refractivity (Wildman–Crippen MR) is 67.3 cm³/mol. The van der Waals surface area contributed by atoms with Crippen LogP contribution in [0, 0.1) is 0 Å². The summed E-state index contributed by atoms with van der Waals surface area (Å²) in [6.07, 6.45) is 0. The number of halogens is 2. The van der Waals surface area contributed by atoms with Crippen LogP contribution in [0.15, 0.2) is 29.3 Å². The van der Waals surface area contributed by atoms with E-state index >= 15 is 0 Å². The molecule has 1 aliphatic heterocycles. The van der Waals surface area contributed by atoms with Crippen LogP contribution >= 0.6 is 34.5 Å². The lowest BCUT2D eigenvalue weighted by Crippen LogP contribution is -2.11. The summed E-state index contributed by atoms with van der Waals surface area (Å²) in [6.45, 7) is 0. The van der Waals surface area contributed by atoms with Crippen LogP contribution in [0.5, 0.6) is 0 Å². The molecule has 15 heavy (non-hydrogen) atoms. The third-order valence-electron chi connectivity index (χ3n) is 2.29. The molecule has 1 unspecified atom stereocenters. The Hall–Kier alpha value is -0.770. The Morgan fingerprint density at radius 1 is 1.33 bits per heavy atom. The lowest BCUT2D eigenvalue weighted by atomic mass is 10.2. The number of rotatable bonds is 0. The number of aliphatic imine (C=N–C) groups is 1. The second-order valence-corrected chi connectivity index (χ2v) is 5.07. The zero-order valence-corrected chi connectivity index (χ0v) is 9.83. The van der Waals surface area contributed by atoms with Gasteiger partial charge in [0.05, 0.1) is 10.6 Å². The molecule has 0 saturated carbocycles. The van der Waals surface area contributed by atoms with E-state index in [0.29, 0.717) is 5.29 Å². The van der Waals surface area contributed by atoms with Gasteiger partial charge in [0.15, 0.2) is 10.8 Å². The van der Waals surface area contributed by atoms with Crippen molar-refractivity contribution in [3.8, 4) is 0 Å². The van der Waals surface area contributed by atoms with Gasteiger partial charge in [0.1, 0.15) is 0 Å². The van der Waals surface area contributed by atoms with Crippen molar-refractivity contribution >= 4 is 55.6 Å². The number of benzene rings is 1. The molecular weight excluding hydrogens is 251 g/mol. The summed E-state index contributed by atoms with van der Waals surface area (Å²) >= 11 is 13.6. The van der Waals surface area contributed by atoms with E-state index in [9.17, 15) is 0 Å². The highest BCUT2D eigenvalue weighted by Gasteiger charge is 2.23. The molecule has 3 rings (SSSR count). The van der Waals surface area contributed by atoms with Gasteiger partial charge in [-0.05, 0) is 17.7 Å². The lowest BCUT2D eigenvalue weighted by Gasteiger charge is -2.14. The standard InChI is InChI=1S/C10H6Cl2N2S/c11-9-8-7(13-10(12)14-9)5-3-1-2-4-6(5)15-8/h1-4,9H,(H,13,14). The number of hydrogen-bond donors (Lipinski definition) is 1. The summed E-state index contributed by atoms with van der Waals surface area (Å²) in [5.74, 6) is 0. The van der Waals surface area contributed by atoms with Gasteiger partial charge in [-0.3, -0.25) is 0 Å². The molecule has 5 heteroatoms. The average molecular weight is 257 g/mol. The van der Waals surface area contributed by atoms with Gasteiger partial charge in [0, 0.05) is 10.1 Å². The first-order valence-corrected chi connectivity index (χ1v) is 6.04. The Balaban J connectivity index is 2.31. The molecule has 0 spiro atoms. The molecule has 0 saturated heterocycles. The van der Waals surface area contributed by atoms with E-state index in [2.05, 4.69) is 22.4 Å². The molecule has 0 amide bonds. The van der Waals surface area contributed by atoms with E-state index in [0.717, 1.165) is 16.0 Å². The van der Waals surface area contributed by atoms with Crippen molar-refractivity contribution in [2.24, 2.45) is 4.99 Å². The fraction of sp³-hybridized carbons (Fsp3) is 0.100. The van der Waals surface area contributed by atoms with Crippen LogP contribution in [0.4, 0.5) is 5.69 Å². The maximum atomic E-state index is 6.11. The van der Waals surface area contributed by atoms with Gasteiger partial charge in [-0.1, -0.05) is 29.8 Å². The Labute approximate surface area is 101 Å². The van der Waals surface area contributed by atoms with E-state index in [4.69, 9.17) is 23.2 Å². The van der Waals surface area contributed by atoms with Crippen LogP contribution < -0.4 is 5.32 Å². The largest absolute Gasteiger partial charge is 0.329 e. The number of thiophene rings is 1. The number of nitrogens with one attached hydrogen (secondary N) is 1. The summed E-state index contributed by atoms with van der Waals surface area (Å²) in [6, 6.07) is 8.13. The first-order chi connectivity index (χ1) is 7.25. The molecular formula is C10H6Cl2N2S. The highest BCUT2D eigenvalue weighted by molar-refractivity contribution is 7.20. The Kier molecular flexibility index (Phi) is 2.12. The first kappa shape index (κ1) is 9.46. The third kappa shape index (κ3) is 1.42. The SMILES string of the molecule is ClC1=NC(Cl)c2sc3ccccc3c2N1. The van der Waals surface area contributed by atoms with Crippen molar-refractivity contribution in [2.45, 2.75) is 5.50 Å². The van der Waals surface area contributed by atoms with Crippen LogP contribution in [0.1, 0.15) is 10.4 Å². The van der Waals surface area contributed by atoms with Crippen molar-refractivity contribution < 1.29 is 0 Å². The molecule has 1 aromatic carbocycles. The van der Waals surface area contributed by atoms with Gasteiger partial charge in [0.2, 0.25) is 0 Å². The second-order valence-electron chi connectivity index (χ2n) is 3.22. The van der Waals surface area contributed by atoms with E-state index < -0.39 is 0 Å². The minimum absolute atomic E-state index is 0.353. The monoisotopic (exact) mass is 256 g/mol. The van der Waals surface area contributed by atoms with Crippen molar-refractivity contribution in [1.29, 1.82) is 0 Å². The van der Waals surface area contributed by atoms with Gasteiger partial charge >= 0.3 is 0 Å². The average Bonchev–Trinajstić information content (AvgIpc) is 2.57. The Morgan fingerprint density at radius 3 is 3.00 bits per heavy atom. The van der Waals surface area contributed by atoms with Gasteiger partial charge in [-0.15, -0.1) is 11.3 Å². The number of hydrogen-bond acceptors (Lipinski definition) is 3. The van der Waals surface area contributed by atoms with E-state index in [1.54, 1.807) is 11.3 Å². The molecule has 0 radical (unpaired) electrons. The molecule has 1 atom stereocenters. The fourth-order valence-corrected chi connectivity index (χ4v) is 3.31. The van der Waals surface area contributed by atoms with Crippen LogP contribution in [0.2, 0.25) is 0 Å². The van der Waals surface area contributed by atoms with Gasteiger partial charge in [-0.25, -0.2) is 4.99 Å². The van der Waals surface area contributed by atoms with Crippen molar-refractivity contribution in [3.05, 3.63) is 29.1 Å². The quantitative estimate of drug-likeness (QED) is 0.556. The Bertz CT molecular complexity index is 562. The zero-order valence-electron chi connectivity index (χ0n) is 7.50. The predicted octanol–water partition coefficient (Wildman–Crippen LogP) is 4.16. The van der Waals surface area contributed by atoms with E-state index in [-0.39, 0.29) is 5.50 Å². The van der Waals surface area contributed by atoms with E-state index in [1.165, 1.54) is 4.70 Å². The second kappa shape index (κ2) is 3.37. The highest BCUT2D eigenvalue weighted by atomic mass is 35.5. The summed E-state index contributed by atoms with van der Waals surface area (Å²) in [4.78, 5) is 5.10. The molecule has 0 aliphatic carbocycles. The number of alkyl halides is 1. The normalized spacial score (nSPS) is 19.6. The minimum Gasteiger partial charge on any atom is -0.329 e. The molecule has 1 N–H and O–H groups in total. The highest BCUT2D eigenvalue weighted by Crippen LogP contribution is 2.44. The molecule has 1 aliphatic rings. The number of fused-ring (bicyclic) bond motifs is 3. The smallest absolute Gasteiger partial charge is 0.197 e. The van der Waals surface area contributed by atoms with Crippen LogP contribution in [-0.4, -0.2) is 5.29 Å². The maximum Gasteiger partial charge on any atom is 0.197 e. The molecule has 76 valence electrons. The molecule has 0 fully saturated rings. The first-order valence-electron chi connectivity index (χ1n) is 4.41.